The molecule has 0 unspecified atom stereocenters. The summed E-state index contributed by atoms with van der Waals surface area (Å²) < 4.78 is 375. The minimum Gasteiger partial charge on any atom is -0.453 e. The zero-order valence-corrected chi connectivity index (χ0v) is 73.6. The average molecular weight is 1910 g/mol. The number of halogens is 24. The Hall–Kier alpha value is -15.4. The first kappa shape index (κ1) is 91.7. The molecule has 15 aromatic carbocycles. The molecular weight excluding hydrogens is 1850 g/mol. The van der Waals surface area contributed by atoms with E-state index in [-0.39, 0.29) is 27.9 Å². The third-order valence-electron chi connectivity index (χ3n) is 26.6. The average Bonchev–Trinajstić information content (AvgIpc) is 0.705. The minimum atomic E-state index is -2.27. The van der Waals surface area contributed by atoms with Gasteiger partial charge < -0.3 is 24.2 Å². The van der Waals surface area contributed by atoms with E-state index in [2.05, 4.69) is 19.9 Å². The molecule has 3 aliphatic heterocycles. The van der Waals surface area contributed by atoms with E-state index in [1.807, 2.05) is 53.4 Å². The Bertz CT molecular complexity index is 8160. The molecular formula is C106H62F24N6O2. The summed E-state index contributed by atoms with van der Waals surface area (Å²) in [6.45, 7) is 20.0. The van der Waals surface area contributed by atoms with Gasteiger partial charge in [-0.25, -0.2) is 120 Å². The number of para-hydroxylation sites is 10. The lowest BCUT2D eigenvalue weighted by atomic mass is 9.83. The molecule has 0 N–H and O–H groups in total. The Balaban J connectivity index is 0.000000132. The molecule has 3 aliphatic rings. The fourth-order valence-electron chi connectivity index (χ4n) is 19.3. The first-order valence-corrected chi connectivity index (χ1v) is 42.1. The summed E-state index contributed by atoms with van der Waals surface area (Å²) in [6, 6.07) is 43.3. The van der Waals surface area contributed by atoms with Crippen LogP contribution in [0.15, 0.2) is 146 Å². The monoisotopic (exact) mass is 1910 g/mol. The van der Waals surface area contributed by atoms with E-state index >= 15 is 52.7 Å². The second-order valence-corrected chi connectivity index (χ2v) is 33.5. The van der Waals surface area contributed by atoms with Gasteiger partial charge in [-0.05, 0) is 233 Å². The molecule has 0 bridgehead atoms. The maximum Gasteiger partial charge on any atom is 0.199 e. The van der Waals surface area contributed by atoms with Gasteiger partial charge in [0, 0.05) is 40.0 Å². The van der Waals surface area contributed by atoms with Gasteiger partial charge in [0.1, 0.15) is 33.1 Å². The molecule has 0 fully saturated rings. The number of aromatic nitrogens is 3. The van der Waals surface area contributed by atoms with Crippen LogP contribution < -0.4 is 24.2 Å². The van der Waals surface area contributed by atoms with Crippen LogP contribution in [0.25, 0.3) is 98.8 Å². The first-order chi connectivity index (χ1) is 65.6. The van der Waals surface area contributed by atoms with Gasteiger partial charge in [-0.15, -0.1) is 0 Å². The highest BCUT2D eigenvalue weighted by Crippen LogP contribution is 2.61. The van der Waals surface area contributed by atoms with Gasteiger partial charge in [0.25, 0.3) is 0 Å². The van der Waals surface area contributed by atoms with E-state index in [0.29, 0.717) is 125 Å². The van der Waals surface area contributed by atoms with Gasteiger partial charge in [0.05, 0.1) is 72.1 Å². The lowest BCUT2D eigenvalue weighted by Crippen LogP contribution is -2.21. The second kappa shape index (κ2) is 33.3. The van der Waals surface area contributed by atoms with Crippen LogP contribution >= 0.6 is 0 Å². The number of anilines is 9. The summed E-state index contributed by atoms with van der Waals surface area (Å²) in [5.74, 6) is -49.2. The van der Waals surface area contributed by atoms with Gasteiger partial charge in [0.15, 0.2) is 163 Å². The number of benzene rings is 15. The molecule has 0 saturated carbocycles. The Morgan fingerprint density at radius 2 is 0.370 bits per heavy atom. The molecule has 21 rings (SSSR count). The van der Waals surface area contributed by atoms with Crippen LogP contribution in [0.3, 0.4) is 0 Å². The van der Waals surface area contributed by atoms with Crippen molar-refractivity contribution in [2.45, 2.75) is 89.5 Å². The smallest absolute Gasteiger partial charge is 0.199 e. The van der Waals surface area contributed by atoms with Gasteiger partial charge in [-0.3, -0.25) is 0 Å². The van der Waals surface area contributed by atoms with E-state index in [1.165, 1.54) is 0 Å². The second-order valence-electron chi connectivity index (χ2n) is 33.5. The van der Waals surface area contributed by atoms with Gasteiger partial charge in [0.2, 0.25) is 0 Å². The molecule has 0 spiro atoms. The highest BCUT2D eigenvalue weighted by atomic mass is 19.2. The number of nitrogens with zero attached hydrogens (tertiary/aromatic N) is 6. The van der Waals surface area contributed by atoms with E-state index < -0.39 is 222 Å². The van der Waals surface area contributed by atoms with Crippen LogP contribution in [0.2, 0.25) is 0 Å². The normalized spacial score (nSPS) is 12.5. The van der Waals surface area contributed by atoms with Crippen molar-refractivity contribution in [3.63, 3.8) is 0 Å². The van der Waals surface area contributed by atoms with Gasteiger partial charge >= 0.3 is 0 Å². The fourth-order valence-corrected chi connectivity index (χ4v) is 19.3. The van der Waals surface area contributed by atoms with Crippen LogP contribution in [0.1, 0.15) is 77.9 Å². The van der Waals surface area contributed by atoms with Crippen molar-refractivity contribution in [3.05, 3.63) is 363 Å². The number of hydrogen-bond donors (Lipinski definition) is 0. The van der Waals surface area contributed by atoms with Crippen molar-refractivity contribution >= 4 is 117 Å². The van der Waals surface area contributed by atoms with Crippen molar-refractivity contribution in [3.8, 4) is 56.4 Å². The SMILES string of the molecule is Cc1c(C)c(-c2c3c(F)c(F)c(F)c(F)c3nc3c(F)c(F)c(F)c(F)c23)c(C)c(N2c3ccccc3Oc3ccccc32)c1C.Cc1c(C)c(C)c(N2c3ccccc3Oc3ccccc32)c(-c2c3c(F)c(F)c(F)c(F)c3nc3c(F)c(F)c(F)c(F)c23)c1C.Cc1c(C)c(N2c3ccccc3Cc3ccccc32)c(C)c(C)c1-c1c2c(F)c(F)c(F)c(F)c2nc2c(F)c(F)c(F)c(F)c12. The van der Waals surface area contributed by atoms with Crippen LogP contribution in [-0.2, 0) is 6.42 Å². The number of pyridine rings is 3. The quantitative estimate of drug-likeness (QED) is 0.0706. The predicted octanol–water partition coefficient (Wildman–Crippen LogP) is 32.7. The topological polar surface area (TPSA) is 66.8 Å². The van der Waals surface area contributed by atoms with E-state index in [0.717, 1.165) is 22.5 Å². The number of fused-ring (bicyclic) bond motifs is 12. The van der Waals surface area contributed by atoms with Crippen LogP contribution in [0, 0.1) is 223 Å². The van der Waals surface area contributed by atoms with Crippen LogP contribution in [0.5, 0.6) is 23.0 Å². The fraction of sp³-hybridized carbons (Fsp3) is 0.123. The molecule has 3 aromatic heterocycles. The summed E-state index contributed by atoms with van der Waals surface area (Å²) in [6.07, 6.45) is 0.673. The van der Waals surface area contributed by atoms with Gasteiger partial charge in [-0.2, -0.15) is 0 Å². The van der Waals surface area contributed by atoms with Crippen molar-refractivity contribution in [2.75, 3.05) is 14.7 Å². The molecule has 0 atom stereocenters. The summed E-state index contributed by atoms with van der Waals surface area (Å²) in [7, 11) is 0. The molecule has 0 saturated heterocycles. The number of hydrogen-bond acceptors (Lipinski definition) is 8. The number of ether oxygens (including phenoxy) is 2. The maximum absolute atomic E-state index is 15.9. The van der Waals surface area contributed by atoms with Crippen molar-refractivity contribution in [1.29, 1.82) is 0 Å². The molecule has 18 aromatic rings. The lowest BCUT2D eigenvalue weighted by molar-refractivity contribution is 0.414. The third kappa shape index (κ3) is 13.1. The molecule has 696 valence electrons. The standard InChI is InChI=1S/C36H22F8N2.2C35H20F8N2O/c1-14-16(3)36(46-20-11-7-5-9-18(20)13-19-10-6-8-12-21(19)46)17(4)15(2)22(14)23-24-26(37)28(39)30(41)32(43)34(24)45-35-25(23)27(38)29(40)31(42)33(35)44;1-13-14(2)21(16(4)35(15(13)3)45-17-9-5-7-11-19(17)46-20-12-8-6-10-18(20)45)22-23-25(36)27(38)29(40)31(42)33(23)44-34-24(22)26(37)28(39)30(41)32(34)43;1-13-14(2)16(4)35(45-17-9-5-7-11-19(17)46-20-12-8-6-10-18(20)45)21(15(13)3)22-23-25(36)27(38)29(40)31(42)33(23)44-34-24(22)26(37)28(39)30(41)32(34)43/h5-12H,13H2,1-4H3;2*5-12H,1-4H3. The minimum absolute atomic E-state index is 0.0247. The predicted molar refractivity (Wildman–Crippen MR) is 477 cm³/mol. The molecule has 32 heteroatoms. The molecule has 138 heavy (non-hydrogen) atoms. The van der Waals surface area contributed by atoms with E-state index in [1.54, 1.807) is 185 Å². The summed E-state index contributed by atoms with van der Waals surface area (Å²) in [4.78, 5) is 16.1. The summed E-state index contributed by atoms with van der Waals surface area (Å²) >= 11 is 0. The van der Waals surface area contributed by atoms with Crippen molar-refractivity contribution in [2.24, 2.45) is 0 Å². The van der Waals surface area contributed by atoms with E-state index in [9.17, 15) is 52.7 Å². The molecule has 0 aliphatic carbocycles. The largest absolute Gasteiger partial charge is 0.453 e. The van der Waals surface area contributed by atoms with E-state index in [4.69, 9.17) is 9.47 Å². The highest BCUT2D eigenvalue weighted by molar-refractivity contribution is 6.17. The summed E-state index contributed by atoms with van der Waals surface area (Å²) in [5, 5.41) is -6.41. The van der Waals surface area contributed by atoms with Crippen LogP contribution in [0.4, 0.5) is 157 Å². The molecule has 0 amide bonds. The highest BCUT2D eigenvalue weighted by Gasteiger charge is 2.42. The Kier molecular flexibility index (Phi) is 22.1. The zero-order chi connectivity index (χ0) is 98.8. The molecule has 6 heterocycles. The molecule has 8 nitrogen and oxygen atoms in total. The van der Waals surface area contributed by atoms with Crippen LogP contribution in [-0.4, -0.2) is 15.0 Å². The lowest BCUT2D eigenvalue weighted by Gasteiger charge is -2.37. The van der Waals surface area contributed by atoms with Crippen molar-refractivity contribution < 1.29 is 115 Å². The third-order valence-corrected chi connectivity index (χ3v) is 26.6. The Labute approximate surface area is 766 Å². The van der Waals surface area contributed by atoms with Gasteiger partial charge in [-0.1, -0.05) is 84.9 Å². The number of rotatable bonds is 6. The van der Waals surface area contributed by atoms with Crippen molar-refractivity contribution in [1.82, 2.24) is 15.0 Å². The first-order valence-electron chi connectivity index (χ1n) is 42.1. The molecule has 0 radical (unpaired) electrons. The Morgan fingerprint density at radius 3 is 0.667 bits per heavy atom. The Morgan fingerprint density at radius 1 is 0.181 bits per heavy atom. The zero-order valence-electron chi connectivity index (χ0n) is 73.6. The maximum atomic E-state index is 15.9. The summed E-state index contributed by atoms with van der Waals surface area (Å²) in [5.41, 5.74) is 3.19.